The summed E-state index contributed by atoms with van der Waals surface area (Å²) in [6.07, 6.45) is 0. The molecule has 2 heterocycles. The normalized spacial score (nSPS) is 11.8. The summed E-state index contributed by atoms with van der Waals surface area (Å²) in [6.45, 7) is 0. The molecule has 4 aromatic carbocycles. The number of hydrogen-bond donors (Lipinski definition) is 1. The first-order valence-electron chi connectivity index (χ1n) is 8.80. The molecule has 26 heavy (non-hydrogen) atoms. The van der Waals surface area contributed by atoms with Crippen LogP contribution in [0.3, 0.4) is 0 Å². The van der Waals surface area contributed by atoms with Gasteiger partial charge >= 0.3 is 0 Å². The molecule has 0 spiro atoms. The molecule has 2 aromatic heterocycles. The third-order valence-corrected chi connectivity index (χ3v) is 5.22. The van der Waals surface area contributed by atoms with Crippen molar-refractivity contribution in [2.75, 3.05) is 0 Å². The number of aromatic amines is 1. The molecule has 1 N–H and O–H groups in total. The molecule has 0 bridgehead atoms. The van der Waals surface area contributed by atoms with E-state index < -0.39 is 0 Å². The van der Waals surface area contributed by atoms with Gasteiger partial charge < -0.3 is 9.40 Å². The lowest BCUT2D eigenvalue weighted by atomic mass is 9.98. The Kier molecular flexibility index (Phi) is 2.64. The van der Waals surface area contributed by atoms with Gasteiger partial charge in [-0.25, -0.2) is 0 Å². The van der Waals surface area contributed by atoms with Crippen LogP contribution in [-0.2, 0) is 0 Å². The van der Waals surface area contributed by atoms with E-state index in [0.29, 0.717) is 0 Å². The molecule has 0 aliphatic carbocycles. The maximum absolute atomic E-state index is 6.30. The van der Waals surface area contributed by atoms with Crippen molar-refractivity contribution in [2.45, 2.75) is 0 Å². The lowest BCUT2D eigenvalue weighted by Crippen LogP contribution is -1.79. The van der Waals surface area contributed by atoms with Gasteiger partial charge in [0.25, 0.3) is 0 Å². The van der Waals surface area contributed by atoms with Crippen molar-refractivity contribution < 1.29 is 4.42 Å². The summed E-state index contributed by atoms with van der Waals surface area (Å²) in [6, 6.07) is 29.5. The van der Waals surface area contributed by atoms with Gasteiger partial charge in [0.1, 0.15) is 11.2 Å². The Morgan fingerprint density at radius 2 is 1.38 bits per heavy atom. The van der Waals surface area contributed by atoms with E-state index in [-0.39, 0.29) is 0 Å². The van der Waals surface area contributed by atoms with Gasteiger partial charge in [0.2, 0.25) is 0 Å². The standard InChI is InChI=1S/C24H15NO/c1-2-7-15(8-3-1)16-10-6-11-19-22(16)23-20(25-19)14-13-18-17-9-4-5-12-21(17)26-24(18)23/h1-14,25H. The monoisotopic (exact) mass is 333 g/mol. The number of fused-ring (bicyclic) bond motifs is 7. The fourth-order valence-corrected chi connectivity index (χ4v) is 4.07. The van der Waals surface area contributed by atoms with Crippen molar-refractivity contribution in [3.05, 3.63) is 84.9 Å². The predicted molar refractivity (Wildman–Crippen MR) is 109 cm³/mol. The molecule has 0 saturated heterocycles. The van der Waals surface area contributed by atoms with Crippen LogP contribution in [0.1, 0.15) is 0 Å². The zero-order chi connectivity index (χ0) is 17.1. The second-order valence-corrected chi connectivity index (χ2v) is 6.68. The van der Waals surface area contributed by atoms with Gasteiger partial charge in [-0.05, 0) is 35.4 Å². The summed E-state index contributed by atoms with van der Waals surface area (Å²) in [5.74, 6) is 0. The molecule has 6 aromatic rings. The number of nitrogens with one attached hydrogen (secondary N) is 1. The van der Waals surface area contributed by atoms with Gasteiger partial charge in [0.05, 0.1) is 10.9 Å². The molecule has 6 rings (SSSR count). The molecule has 2 nitrogen and oxygen atoms in total. The number of benzene rings is 4. The lowest BCUT2D eigenvalue weighted by molar-refractivity contribution is 0.673. The minimum atomic E-state index is 0.932. The van der Waals surface area contributed by atoms with Crippen molar-refractivity contribution in [1.82, 2.24) is 4.98 Å². The van der Waals surface area contributed by atoms with Gasteiger partial charge in [0.15, 0.2) is 0 Å². The van der Waals surface area contributed by atoms with Crippen molar-refractivity contribution in [3.63, 3.8) is 0 Å². The van der Waals surface area contributed by atoms with E-state index >= 15 is 0 Å². The van der Waals surface area contributed by atoms with Gasteiger partial charge in [-0.2, -0.15) is 0 Å². The molecular formula is C24H15NO. The Labute approximate surface area is 149 Å². The molecule has 0 aliphatic rings. The van der Waals surface area contributed by atoms with Crippen LogP contribution in [0.2, 0.25) is 0 Å². The van der Waals surface area contributed by atoms with E-state index in [0.717, 1.165) is 38.4 Å². The van der Waals surface area contributed by atoms with Crippen LogP contribution >= 0.6 is 0 Å². The number of furan rings is 1. The Hall–Kier alpha value is -3.52. The smallest absolute Gasteiger partial charge is 0.145 e. The van der Waals surface area contributed by atoms with Crippen molar-refractivity contribution in [2.24, 2.45) is 0 Å². The van der Waals surface area contributed by atoms with Crippen LogP contribution in [0.4, 0.5) is 0 Å². The summed E-state index contributed by atoms with van der Waals surface area (Å²) in [4.78, 5) is 3.56. The zero-order valence-corrected chi connectivity index (χ0v) is 14.0. The molecule has 122 valence electrons. The molecule has 0 amide bonds. The van der Waals surface area contributed by atoms with Crippen molar-refractivity contribution in [3.8, 4) is 11.1 Å². The Balaban J connectivity index is 1.86. The molecule has 0 aliphatic heterocycles. The maximum atomic E-state index is 6.30. The first kappa shape index (κ1) is 13.7. The van der Waals surface area contributed by atoms with Crippen LogP contribution in [-0.4, -0.2) is 4.98 Å². The van der Waals surface area contributed by atoms with E-state index in [1.165, 1.54) is 16.5 Å². The SMILES string of the molecule is c1ccc(-c2cccc3[nH]c4ccc5c6ccccc6oc5c4c23)cc1. The molecular weight excluding hydrogens is 318 g/mol. The molecule has 0 atom stereocenters. The zero-order valence-electron chi connectivity index (χ0n) is 14.0. The summed E-state index contributed by atoms with van der Waals surface area (Å²) in [5, 5.41) is 4.71. The Morgan fingerprint density at radius 3 is 2.31 bits per heavy atom. The average molecular weight is 333 g/mol. The lowest BCUT2D eigenvalue weighted by Gasteiger charge is -2.04. The topological polar surface area (TPSA) is 28.9 Å². The highest BCUT2D eigenvalue weighted by molar-refractivity contribution is 6.25. The minimum Gasteiger partial charge on any atom is -0.455 e. The highest BCUT2D eigenvalue weighted by Crippen LogP contribution is 2.40. The highest BCUT2D eigenvalue weighted by Gasteiger charge is 2.16. The van der Waals surface area contributed by atoms with Gasteiger partial charge in [-0.3, -0.25) is 0 Å². The summed E-state index contributed by atoms with van der Waals surface area (Å²) >= 11 is 0. The fourth-order valence-electron chi connectivity index (χ4n) is 4.07. The Morgan fingerprint density at radius 1 is 0.577 bits per heavy atom. The van der Waals surface area contributed by atoms with E-state index in [1.54, 1.807) is 0 Å². The summed E-state index contributed by atoms with van der Waals surface area (Å²) in [5.41, 5.74) is 6.57. The van der Waals surface area contributed by atoms with E-state index in [1.807, 2.05) is 12.1 Å². The second kappa shape index (κ2) is 4.99. The number of para-hydroxylation sites is 1. The highest BCUT2D eigenvalue weighted by atomic mass is 16.3. The summed E-state index contributed by atoms with van der Waals surface area (Å²) in [7, 11) is 0. The van der Waals surface area contributed by atoms with Crippen molar-refractivity contribution in [1.29, 1.82) is 0 Å². The number of hydrogen-bond acceptors (Lipinski definition) is 1. The third-order valence-electron chi connectivity index (χ3n) is 5.22. The largest absolute Gasteiger partial charge is 0.455 e. The van der Waals surface area contributed by atoms with Crippen LogP contribution < -0.4 is 0 Å². The first-order chi connectivity index (χ1) is 12.9. The van der Waals surface area contributed by atoms with Gasteiger partial charge in [-0.15, -0.1) is 0 Å². The molecule has 0 saturated carbocycles. The third kappa shape index (κ3) is 1.76. The van der Waals surface area contributed by atoms with E-state index in [4.69, 9.17) is 4.42 Å². The molecule has 2 heteroatoms. The van der Waals surface area contributed by atoms with Crippen LogP contribution in [0.25, 0.3) is 54.9 Å². The van der Waals surface area contributed by atoms with Crippen LogP contribution in [0.5, 0.6) is 0 Å². The van der Waals surface area contributed by atoms with E-state index in [9.17, 15) is 0 Å². The van der Waals surface area contributed by atoms with Gasteiger partial charge in [0, 0.05) is 21.7 Å². The predicted octanol–water partition coefficient (Wildman–Crippen LogP) is 6.89. The Bertz CT molecular complexity index is 1420. The van der Waals surface area contributed by atoms with Crippen LogP contribution in [0.15, 0.2) is 89.3 Å². The number of rotatable bonds is 1. The number of H-pyrrole nitrogens is 1. The quantitative estimate of drug-likeness (QED) is 0.349. The van der Waals surface area contributed by atoms with Gasteiger partial charge in [-0.1, -0.05) is 60.7 Å². The second-order valence-electron chi connectivity index (χ2n) is 6.68. The fraction of sp³-hybridized carbons (Fsp3) is 0. The minimum absolute atomic E-state index is 0.932. The molecule has 0 radical (unpaired) electrons. The molecule has 0 unspecified atom stereocenters. The first-order valence-corrected chi connectivity index (χ1v) is 8.80. The molecule has 0 fully saturated rings. The average Bonchev–Trinajstić information content (AvgIpc) is 3.26. The number of aromatic nitrogens is 1. The van der Waals surface area contributed by atoms with Crippen LogP contribution in [0, 0.1) is 0 Å². The maximum Gasteiger partial charge on any atom is 0.145 e. The van der Waals surface area contributed by atoms with Crippen molar-refractivity contribution >= 4 is 43.7 Å². The summed E-state index contributed by atoms with van der Waals surface area (Å²) < 4.78 is 6.30. The van der Waals surface area contributed by atoms with E-state index in [2.05, 4.69) is 77.8 Å².